The molecule has 1 aliphatic carbocycles. The van der Waals surface area contributed by atoms with Crippen molar-refractivity contribution in [1.29, 1.82) is 5.26 Å². The molecule has 1 unspecified atom stereocenters. The number of hydrogen-bond acceptors (Lipinski definition) is 4. The van der Waals surface area contributed by atoms with Gasteiger partial charge in [-0.3, -0.25) is 14.7 Å². The highest BCUT2D eigenvalue weighted by atomic mass is 16.3. The quantitative estimate of drug-likeness (QED) is 0.695. The molecule has 2 N–H and O–H groups in total. The lowest BCUT2D eigenvalue weighted by Gasteiger charge is -2.29. The molecule has 3 aromatic rings. The number of amides is 1. The Labute approximate surface area is 168 Å². The number of nitriles is 1. The molecule has 4 rings (SSSR count). The highest BCUT2D eigenvalue weighted by Crippen LogP contribution is 2.35. The maximum atomic E-state index is 13.1. The predicted molar refractivity (Wildman–Crippen MR) is 112 cm³/mol. The zero-order valence-corrected chi connectivity index (χ0v) is 16.1. The number of nitrogens with zero attached hydrogens (tertiary/aromatic N) is 3. The number of allylic oxidation sites excluding steroid dienone is 4. The minimum Gasteiger partial charge on any atom is -0.387 e. The Morgan fingerprint density at radius 2 is 1.97 bits per heavy atom. The van der Waals surface area contributed by atoms with E-state index in [9.17, 15) is 15.2 Å². The molecule has 1 atom stereocenters. The van der Waals surface area contributed by atoms with Gasteiger partial charge in [-0.25, -0.2) is 4.98 Å². The fourth-order valence-corrected chi connectivity index (χ4v) is 3.26. The minimum atomic E-state index is -1.09. The summed E-state index contributed by atoms with van der Waals surface area (Å²) < 4.78 is 1.80. The van der Waals surface area contributed by atoms with Crippen LogP contribution in [0.4, 0.5) is 5.95 Å². The molecule has 1 aromatic heterocycles. The van der Waals surface area contributed by atoms with Gasteiger partial charge in [-0.1, -0.05) is 36.4 Å². The summed E-state index contributed by atoms with van der Waals surface area (Å²) in [6, 6.07) is 16.4. The normalized spacial score (nSPS) is 14.1. The van der Waals surface area contributed by atoms with Gasteiger partial charge in [-0.15, -0.1) is 0 Å². The standard InChI is InChI=1S/C23H20N4O2/c1-23(2,20(28)16-7-4-3-5-8-16)21(29)26-22-25-18-12-11-15(14-24)13-19(18)27(22)17-9-6-10-17/h3-13,20,28H,1-2H3,(H,25,26,29). The van der Waals surface area contributed by atoms with Crippen LogP contribution in [-0.2, 0) is 4.79 Å². The number of aliphatic hydroxyl groups excluding tert-OH is 1. The monoisotopic (exact) mass is 384 g/mol. The Hall–Kier alpha value is -3.69. The van der Waals surface area contributed by atoms with Gasteiger partial charge in [0.1, 0.15) is 0 Å². The van der Waals surface area contributed by atoms with Gasteiger partial charge in [0.2, 0.25) is 11.9 Å². The molecule has 29 heavy (non-hydrogen) atoms. The third-order valence-corrected chi connectivity index (χ3v) is 5.19. The van der Waals surface area contributed by atoms with E-state index in [1.165, 1.54) is 0 Å². The minimum absolute atomic E-state index is 0.351. The molecule has 0 fully saturated rings. The Morgan fingerprint density at radius 3 is 2.59 bits per heavy atom. The Balaban J connectivity index is 1.70. The van der Waals surface area contributed by atoms with Gasteiger partial charge < -0.3 is 5.11 Å². The summed E-state index contributed by atoms with van der Waals surface area (Å²) >= 11 is 0. The number of nitrogens with one attached hydrogen (secondary N) is 1. The molecule has 0 spiro atoms. The summed E-state index contributed by atoms with van der Waals surface area (Å²) in [5, 5.41) is 22.9. The zero-order valence-electron chi connectivity index (χ0n) is 16.1. The van der Waals surface area contributed by atoms with Crippen LogP contribution in [0.1, 0.15) is 31.1 Å². The number of aromatic nitrogens is 2. The first-order valence-electron chi connectivity index (χ1n) is 9.27. The molecular weight excluding hydrogens is 364 g/mol. The number of benzene rings is 2. The molecule has 1 aliphatic rings. The van der Waals surface area contributed by atoms with Crippen LogP contribution < -0.4 is 5.32 Å². The largest absolute Gasteiger partial charge is 0.387 e. The number of aliphatic hydroxyl groups is 1. The van der Waals surface area contributed by atoms with Gasteiger partial charge in [-0.05, 0) is 49.8 Å². The second-order valence-corrected chi connectivity index (χ2v) is 7.53. The first kappa shape index (κ1) is 18.7. The van der Waals surface area contributed by atoms with Crippen molar-refractivity contribution in [1.82, 2.24) is 9.55 Å². The summed E-state index contributed by atoms with van der Waals surface area (Å²) in [5.74, 6) is -0.00107. The lowest BCUT2D eigenvalue weighted by molar-refractivity contribution is -0.130. The van der Waals surface area contributed by atoms with Crippen molar-refractivity contribution in [3.05, 3.63) is 77.9 Å². The van der Waals surface area contributed by atoms with Crippen molar-refractivity contribution in [3.63, 3.8) is 0 Å². The lowest BCUT2D eigenvalue weighted by Crippen LogP contribution is -2.37. The summed E-state index contributed by atoms with van der Waals surface area (Å²) in [6.45, 7) is 3.40. The van der Waals surface area contributed by atoms with Crippen molar-refractivity contribution in [2.24, 2.45) is 5.41 Å². The van der Waals surface area contributed by atoms with Crippen molar-refractivity contribution >= 4 is 28.6 Å². The number of carbonyl (C=O) groups is 1. The molecule has 144 valence electrons. The van der Waals surface area contributed by atoms with E-state index in [2.05, 4.69) is 16.4 Å². The van der Waals surface area contributed by atoms with Gasteiger partial charge >= 0.3 is 0 Å². The van der Waals surface area contributed by atoms with E-state index in [1.54, 1.807) is 48.7 Å². The molecule has 0 bridgehead atoms. The Kier molecular flexibility index (Phi) is 4.53. The molecule has 2 aromatic carbocycles. The average Bonchev–Trinajstić information content (AvgIpc) is 3.03. The fourth-order valence-electron chi connectivity index (χ4n) is 3.26. The van der Waals surface area contributed by atoms with Crippen LogP contribution in [0.25, 0.3) is 16.7 Å². The van der Waals surface area contributed by atoms with Crippen LogP contribution in [-0.4, -0.2) is 20.6 Å². The van der Waals surface area contributed by atoms with Crippen molar-refractivity contribution in [2.45, 2.75) is 20.0 Å². The van der Waals surface area contributed by atoms with Gasteiger partial charge in [-0.2, -0.15) is 5.26 Å². The predicted octanol–water partition coefficient (Wildman–Crippen LogP) is 4.02. The van der Waals surface area contributed by atoms with Gasteiger partial charge in [0.25, 0.3) is 0 Å². The van der Waals surface area contributed by atoms with E-state index >= 15 is 0 Å². The second-order valence-electron chi connectivity index (χ2n) is 7.53. The molecular formula is C23H20N4O2. The smallest absolute Gasteiger partial charge is 0.235 e. The highest BCUT2D eigenvalue weighted by Gasteiger charge is 2.37. The van der Waals surface area contributed by atoms with E-state index in [0.717, 1.165) is 11.2 Å². The summed E-state index contributed by atoms with van der Waals surface area (Å²) in [6.07, 6.45) is 4.72. The third kappa shape index (κ3) is 3.22. The van der Waals surface area contributed by atoms with Crippen LogP contribution in [0.5, 0.6) is 0 Å². The second kappa shape index (κ2) is 7.04. The maximum Gasteiger partial charge on any atom is 0.235 e. The van der Waals surface area contributed by atoms with E-state index in [4.69, 9.17) is 0 Å². The van der Waals surface area contributed by atoms with Gasteiger partial charge in [0, 0.05) is 5.70 Å². The zero-order chi connectivity index (χ0) is 20.6. The third-order valence-electron chi connectivity index (χ3n) is 5.19. The van der Waals surface area contributed by atoms with Crippen molar-refractivity contribution in [2.75, 3.05) is 5.32 Å². The number of hydrogen-bond donors (Lipinski definition) is 2. The fraction of sp³-hybridized carbons (Fsp3) is 0.174. The van der Waals surface area contributed by atoms with E-state index < -0.39 is 11.5 Å². The SMILES string of the molecule is CC(C)(C(=O)Nc1nc2ccc(C#N)cc2n1C1=CC=C1)C(O)c1ccccc1. The molecule has 6 heteroatoms. The van der Waals surface area contributed by atoms with Gasteiger partial charge in [0.15, 0.2) is 0 Å². The van der Waals surface area contributed by atoms with Crippen LogP contribution >= 0.6 is 0 Å². The number of carbonyl (C=O) groups excluding carboxylic acids is 1. The van der Waals surface area contributed by atoms with Crippen molar-refractivity contribution < 1.29 is 9.90 Å². The summed E-state index contributed by atoms with van der Waals surface area (Å²) in [7, 11) is 0. The molecule has 1 heterocycles. The molecule has 1 amide bonds. The first-order valence-corrected chi connectivity index (χ1v) is 9.27. The van der Waals surface area contributed by atoms with Crippen LogP contribution in [0.3, 0.4) is 0 Å². The Morgan fingerprint density at radius 1 is 1.24 bits per heavy atom. The van der Waals surface area contributed by atoms with Crippen LogP contribution in [0.2, 0.25) is 0 Å². The van der Waals surface area contributed by atoms with Crippen LogP contribution in [0.15, 0.2) is 66.8 Å². The number of fused-ring (bicyclic) bond motifs is 1. The number of rotatable bonds is 5. The number of imidazole rings is 1. The topological polar surface area (TPSA) is 90.9 Å². The molecule has 6 nitrogen and oxygen atoms in total. The molecule has 0 aliphatic heterocycles. The molecule has 0 radical (unpaired) electrons. The van der Waals surface area contributed by atoms with Crippen molar-refractivity contribution in [3.8, 4) is 6.07 Å². The first-order chi connectivity index (χ1) is 13.9. The van der Waals surface area contributed by atoms with E-state index in [1.807, 2.05) is 36.4 Å². The van der Waals surface area contributed by atoms with E-state index in [-0.39, 0.29) is 5.91 Å². The van der Waals surface area contributed by atoms with Crippen LogP contribution in [0, 0.1) is 16.7 Å². The summed E-state index contributed by atoms with van der Waals surface area (Å²) in [5.41, 5.74) is 2.36. The molecule has 0 saturated carbocycles. The van der Waals surface area contributed by atoms with Gasteiger partial charge in [0.05, 0.1) is 34.2 Å². The maximum absolute atomic E-state index is 13.1. The molecule has 0 saturated heterocycles. The average molecular weight is 384 g/mol. The highest BCUT2D eigenvalue weighted by molar-refractivity contribution is 5.97. The number of anilines is 1. The Bertz CT molecular complexity index is 1200. The lowest BCUT2D eigenvalue weighted by atomic mass is 9.82. The summed E-state index contributed by atoms with van der Waals surface area (Å²) in [4.78, 5) is 17.7. The van der Waals surface area contributed by atoms with E-state index in [0.29, 0.717) is 22.6 Å².